The van der Waals surface area contributed by atoms with Gasteiger partial charge < -0.3 is 11.1 Å². The second kappa shape index (κ2) is 9.82. The van der Waals surface area contributed by atoms with Gasteiger partial charge in [-0.1, -0.05) is 12.1 Å². The Labute approximate surface area is 194 Å². The van der Waals surface area contributed by atoms with E-state index in [0.29, 0.717) is 11.1 Å². The molecule has 0 radical (unpaired) electrons. The molecule has 0 saturated heterocycles. The Morgan fingerprint density at radius 3 is 2.30 bits per heavy atom. The van der Waals surface area contributed by atoms with Crippen molar-refractivity contribution >= 4 is 23.5 Å². The number of carbonyl (C=O) groups is 1. The molecule has 1 aromatic carbocycles. The monoisotopic (exact) mass is 472 g/mol. The molecule has 1 saturated carbocycles. The van der Waals surface area contributed by atoms with Gasteiger partial charge in [0, 0.05) is 28.6 Å². The fraction of sp³-hybridized carbons (Fsp3) is 0.292. The van der Waals surface area contributed by atoms with Gasteiger partial charge >= 0.3 is 6.18 Å². The first kappa shape index (κ1) is 23.1. The van der Waals surface area contributed by atoms with Crippen LogP contribution in [-0.4, -0.2) is 27.2 Å². The van der Waals surface area contributed by atoms with Gasteiger partial charge in [-0.2, -0.15) is 13.2 Å². The van der Waals surface area contributed by atoms with E-state index in [2.05, 4.69) is 27.4 Å². The van der Waals surface area contributed by atoms with Crippen LogP contribution in [0.5, 0.6) is 0 Å². The Bertz CT molecular complexity index is 1100. The number of benzene rings is 1. The standard InChI is InChI=1S/C24H23F3N4OS/c25-24(26,27)17-3-10-22(30-14-17)31-18-4-8-20(9-5-18)33-19-6-1-15(2-7-19)16-11-12-29-21(13-16)23(28)32/h1-3,6-7,10-14,18,20H,4-5,8-9H2,(H2,28,32)(H,30,31)/t18-,20-. The molecule has 172 valence electrons. The summed E-state index contributed by atoms with van der Waals surface area (Å²) in [6.07, 6.45) is 1.97. The van der Waals surface area contributed by atoms with Crippen LogP contribution in [0.15, 0.2) is 65.8 Å². The van der Waals surface area contributed by atoms with Crippen LogP contribution in [-0.2, 0) is 6.18 Å². The summed E-state index contributed by atoms with van der Waals surface area (Å²) in [4.78, 5) is 20.4. The van der Waals surface area contributed by atoms with E-state index < -0.39 is 17.6 Å². The minimum Gasteiger partial charge on any atom is -0.367 e. The Balaban J connectivity index is 1.28. The van der Waals surface area contributed by atoms with Gasteiger partial charge in [0.25, 0.3) is 5.91 Å². The van der Waals surface area contributed by atoms with Crippen molar-refractivity contribution < 1.29 is 18.0 Å². The van der Waals surface area contributed by atoms with Crippen molar-refractivity contribution in [3.05, 3.63) is 72.2 Å². The van der Waals surface area contributed by atoms with E-state index in [1.165, 1.54) is 11.0 Å². The highest BCUT2D eigenvalue weighted by Crippen LogP contribution is 2.35. The molecule has 1 aliphatic rings. The summed E-state index contributed by atoms with van der Waals surface area (Å²) >= 11 is 1.83. The molecule has 33 heavy (non-hydrogen) atoms. The lowest BCUT2D eigenvalue weighted by atomic mass is 9.95. The van der Waals surface area contributed by atoms with Gasteiger partial charge in [-0.3, -0.25) is 9.78 Å². The van der Waals surface area contributed by atoms with Crippen LogP contribution < -0.4 is 11.1 Å². The van der Waals surface area contributed by atoms with E-state index in [-0.39, 0.29) is 11.7 Å². The topological polar surface area (TPSA) is 80.9 Å². The fourth-order valence-electron chi connectivity index (χ4n) is 3.84. The minimum atomic E-state index is -4.37. The number of amides is 1. The molecule has 9 heteroatoms. The molecule has 5 nitrogen and oxygen atoms in total. The maximum absolute atomic E-state index is 12.7. The molecule has 0 spiro atoms. The molecule has 2 heterocycles. The molecule has 0 bridgehead atoms. The first-order valence-corrected chi connectivity index (χ1v) is 11.5. The number of nitrogens with zero attached hydrogens (tertiary/aromatic N) is 2. The highest BCUT2D eigenvalue weighted by atomic mass is 32.2. The maximum Gasteiger partial charge on any atom is 0.417 e. The van der Waals surface area contributed by atoms with Gasteiger partial charge in [0.1, 0.15) is 11.5 Å². The summed E-state index contributed by atoms with van der Waals surface area (Å²) in [6, 6.07) is 14.4. The van der Waals surface area contributed by atoms with Crippen molar-refractivity contribution in [2.75, 3.05) is 5.32 Å². The van der Waals surface area contributed by atoms with Crippen LogP contribution in [0.3, 0.4) is 0 Å². The van der Waals surface area contributed by atoms with E-state index in [1.807, 2.05) is 30.0 Å². The van der Waals surface area contributed by atoms with Crippen molar-refractivity contribution in [2.24, 2.45) is 5.73 Å². The molecule has 1 aliphatic carbocycles. The Kier molecular flexibility index (Phi) is 6.88. The molecule has 1 fully saturated rings. The van der Waals surface area contributed by atoms with Crippen molar-refractivity contribution in [1.82, 2.24) is 9.97 Å². The highest BCUT2D eigenvalue weighted by molar-refractivity contribution is 8.00. The van der Waals surface area contributed by atoms with E-state index in [4.69, 9.17) is 5.73 Å². The van der Waals surface area contributed by atoms with Crippen LogP contribution in [0.25, 0.3) is 11.1 Å². The number of carbonyl (C=O) groups excluding carboxylic acids is 1. The second-order valence-corrected chi connectivity index (χ2v) is 9.36. The number of hydrogen-bond donors (Lipinski definition) is 2. The summed E-state index contributed by atoms with van der Waals surface area (Å²) < 4.78 is 38.0. The largest absolute Gasteiger partial charge is 0.417 e. The number of nitrogens with two attached hydrogens (primary N) is 1. The zero-order valence-electron chi connectivity index (χ0n) is 17.7. The lowest BCUT2D eigenvalue weighted by Gasteiger charge is -2.29. The molecule has 0 atom stereocenters. The summed E-state index contributed by atoms with van der Waals surface area (Å²) in [6.45, 7) is 0. The second-order valence-electron chi connectivity index (χ2n) is 7.98. The summed E-state index contributed by atoms with van der Waals surface area (Å²) in [5.41, 5.74) is 6.68. The number of primary amides is 1. The number of anilines is 1. The van der Waals surface area contributed by atoms with Gasteiger partial charge in [-0.05, 0) is 73.2 Å². The average molecular weight is 473 g/mol. The lowest BCUT2D eigenvalue weighted by molar-refractivity contribution is -0.137. The van der Waals surface area contributed by atoms with Gasteiger partial charge in [-0.25, -0.2) is 4.98 Å². The summed E-state index contributed by atoms with van der Waals surface area (Å²) in [5.74, 6) is -0.0754. The van der Waals surface area contributed by atoms with Gasteiger partial charge in [0.05, 0.1) is 5.56 Å². The Morgan fingerprint density at radius 1 is 0.970 bits per heavy atom. The van der Waals surface area contributed by atoms with E-state index in [9.17, 15) is 18.0 Å². The number of pyridine rings is 2. The number of alkyl halides is 3. The average Bonchev–Trinajstić information content (AvgIpc) is 2.81. The first-order valence-electron chi connectivity index (χ1n) is 10.6. The third-order valence-corrected chi connectivity index (χ3v) is 6.97. The predicted octanol–water partition coefficient (Wildman–Crippen LogP) is 5.78. The summed E-state index contributed by atoms with van der Waals surface area (Å²) in [5, 5.41) is 3.74. The normalized spacial score (nSPS) is 18.6. The molecule has 3 aromatic rings. The zero-order valence-corrected chi connectivity index (χ0v) is 18.5. The van der Waals surface area contributed by atoms with E-state index in [0.717, 1.165) is 49.1 Å². The van der Waals surface area contributed by atoms with Crippen LogP contribution in [0, 0.1) is 0 Å². The fourth-order valence-corrected chi connectivity index (χ4v) is 5.03. The van der Waals surface area contributed by atoms with E-state index >= 15 is 0 Å². The van der Waals surface area contributed by atoms with Crippen LogP contribution in [0.2, 0.25) is 0 Å². The Morgan fingerprint density at radius 2 is 1.70 bits per heavy atom. The number of aromatic nitrogens is 2. The van der Waals surface area contributed by atoms with Crippen LogP contribution >= 0.6 is 11.8 Å². The SMILES string of the molecule is NC(=O)c1cc(-c2ccc(S[C@H]3CC[C@H](Nc4ccc(C(F)(F)F)cn4)CC3)cc2)ccn1. The smallest absolute Gasteiger partial charge is 0.367 e. The number of thioether (sulfide) groups is 1. The van der Waals surface area contributed by atoms with Crippen molar-refractivity contribution in [3.63, 3.8) is 0 Å². The van der Waals surface area contributed by atoms with E-state index in [1.54, 1.807) is 12.3 Å². The number of hydrogen-bond acceptors (Lipinski definition) is 5. The molecule has 4 rings (SSSR count). The first-order chi connectivity index (χ1) is 15.8. The quantitative estimate of drug-likeness (QED) is 0.476. The number of nitrogens with one attached hydrogen (secondary N) is 1. The number of halogens is 3. The molecule has 3 N–H and O–H groups in total. The zero-order chi connectivity index (χ0) is 23.4. The minimum absolute atomic E-state index is 0.208. The molecular formula is C24H23F3N4OS. The molecular weight excluding hydrogens is 449 g/mol. The third kappa shape index (κ3) is 6.04. The van der Waals surface area contributed by atoms with Crippen molar-refractivity contribution in [2.45, 2.75) is 48.0 Å². The third-order valence-electron chi connectivity index (χ3n) is 5.62. The number of rotatable bonds is 6. The predicted molar refractivity (Wildman–Crippen MR) is 123 cm³/mol. The van der Waals surface area contributed by atoms with Gasteiger partial charge in [0.2, 0.25) is 0 Å². The van der Waals surface area contributed by atoms with Crippen LogP contribution in [0.1, 0.15) is 41.7 Å². The molecule has 2 aromatic heterocycles. The highest BCUT2D eigenvalue weighted by Gasteiger charge is 2.31. The molecule has 1 amide bonds. The molecule has 0 aliphatic heterocycles. The van der Waals surface area contributed by atoms with Crippen molar-refractivity contribution in [1.29, 1.82) is 0 Å². The van der Waals surface area contributed by atoms with Crippen LogP contribution in [0.4, 0.5) is 19.0 Å². The maximum atomic E-state index is 12.7. The van der Waals surface area contributed by atoms with Crippen molar-refractivity contribution in [3.8, 4) is 11.1 Å². The lowest BCUT2D eigenvalue weighted by Crippen LogP contribution is -2.27. The Hall–Kier alpha value is -3.07. The van der Waals surface area contributed by atoms with Gasteiger partial charge in [0.15, 0.2) is 0 Å². The van der Waals surface area contributed by atoms with Gasteiger partial charge in [-0.15, -0.1) is 11.8 Å². The molecule has 0 unspecified atom stereocenters. The summed E-state index contributed by atoms with van der Waals surface area (Å²) in [7, 11) is 0.